The molecular formula is C61H85N19O11S2. The summed E-state index contributed by atoms with van der Waals surface area (Å²) in [5.74, 6) is -9.57. The number of benzene rings is 3. The second-order valence-corrected chi connectivity index (χ2v) is 22.9. The van der Waals surface area contributed by atoms with Crippen LogP contribution in [0.25, 0.3) is 10.9 Å². The summed E-state index contributed by atoms with van der Waals surface area (Å²) >= 11 is 8.53. The van der Waals surface area contributed by atoms with E-state index in [1.165, 1.54) is 31.6 Å². The Morgan fingerprint density at radius 1 is 0.527 bits per heavy atom. The van der Waals surface area contributed by atoms with Gasteiger partial charge in [-0.3, -0.25) is 57.9 Å². The van der Waals surface area contributed by atoms with Gasteiger partial charge in [0.15, 0.2) is 11.9 Å². The van der Waals surface area contributed by atoms with Crippen LogP contribution in [0.1, 0.15) is 75.3 Å². The smallest absolute Gasteiger partial charge is 0.244 e. The van der Waals surface area contributed by atoms with Gasteiger partial charge in [0.1, 0.15) is 60.1 Å². The highest BCUT2D eigenvalue weighted by atomic mass is 32.1. The van der Waals surface area contributed by atoms with Gasteiger partial charge >= 0.3 is 0 Å². The number of primary amides is 1. The van der Waals surface area contributed by atoms with E-state index in [4.69, 9.17) is 28.7 Å². The molecule has 0 saturated heterocycles. The molecule has 0 saturated carbocycles. The minimum absolute atomic E-state index is 0.0180. The van der Waals surface area contributed by atoms with Gasteiger partial charge in [0.2, 0.25) is 59.1 Å². The third-order valence-corrected chi connectivity index (χ3v) is 15.7. The molecule has 5 aromatic rings. The van der Waals surface area contributed by atoms with E-state index in [9.17, 15) is 53.1 Å². The molecule has 10 atom stereocenters. The largest absolute Gasteiger partial charge is 0.508 e. The number of aromatic amines is 2. The first-order valence-electron chi connectivity index (χ1n) is 30.1. The Kier molecular flexibility index (Phi) is 29.8. The number of guanidine groups is 2. The number of rotatable bonds is 38. The molecule has 502 valence electrons. The lowest BCUT2D eigenvalue weighted by Crippen LogP contribution is -2.62. The fourth-order valence-corrected chi connectivity index (χ4v) is 10.3. The highest BCUT2D eigenvalue weighted by Crippen LogP contribution is 2.20. The Labute approximate surface area is 548 Å². The van der Waals surface area contributed by atoms with E-state index in [2.05, 4.69) is 98.0 Å². The van der Waals surface area contributed by atoms with E-state index in [-0.39, 0.29) is 93.6 Å². The molecule has 10 amide bonds. The van der Waals surface area contributed by atoms with Crippen LogP contribution in [0.5, 0.6) is 5.75 Å². The number of aromatic nitrogens is 3. The van der Waals surface area contributed by atoms with Crippen LogP contribution in [0.3, 0.4) is 0 Å². The number of fused-ring (bicyclic) bond motifs is 1. The Bertz CT molecular complexity index is 3380. The fraction of sp³-hybridized carbons (Fsp3) is 0.426. The monoisotopic (exact) mass is 1320 g/mol. The van der Waals surface area contributed by atoms with Crippen molar-refractivity contribution in [3.8, 4) is 5.75 Å². The molecule has 32 heteroatoms. The quantitative estimate of drug-likeness (QED) is 0.00859. The van der Waals surface area contributed by atoms with Crippen molar-refractivity contribution in [2.24, 2.45) is 44.6 Å². The number of carbonyl (C=O) groups excluding carboxylic acids is 10. The van der Waals surface area contributed by atoms with Crippen LogP contribution in [-0.2, 0) is 73.6 Å². The van der Waals surface area contributed by atoms with Crippen LogP contribution in [0.4, 0.5) is 0 Å². The molecule has 0 unspecified atom stereocenters. The normalized spacial score (nSPS) is 14.2. The molecule has 0 spiro atoms. The van der Waals surface area contributed by atoms with Gasteiger partial charge in [-0.05, 0) is 66.5 Å². The van der Waals surface area contributed by atoms with Crippen molar-refractivity contribution in [1.82, 2.24) is 62.8 Å². The number of thiol groups is 2. The molecule has 0 fully saturated rings. The van der Waals surface area contributed by atoms with E-state index in [0.717, 1.165) is 10.9 Å². The van der Waals surface area contributed by atoms with Crippen molar-refractivity contribution in [1.29, 1.82) is 0 Å². The summed E-state index contributed by atoms with van der Waals surface area (Å²) in [5.41, 5.74) is 30.7. The molecular weight excluding hydrogens is 1240 g/mol. The van der Waals surface area contributed by atoms with Crippen LogP contribution >= 0.6 is 25.3 Å². The van der Waals surface area contributed by atoms with Crippen LogP contribution in [-0.4, -0.2) is 170 Å². The molecule has 0 aliphatic heterocycles. The second kappa shape index (κ2) is 37.5. The van der Waals surface area contributed by atoms with Crippen LogP contribution in [0.2, 0.25) is 0 Å². The minimum atomic E-state index is -1.48. The van der Waals surface area contributed by atoms with Gasteiger partial charge in [-0.1, -0.05) is 80.9 Å². The number of hydrogen-bond acceptors (Lipinski definition) is 16. The first-order valence-corrected chi connectivity index (χ1v) is 31.3. The molecule has 93 heavy (non-hydrogen) atoms. The van der Waals surface area contributed by atoms with E-state index in [1.807, 2.05) is 18.2 Å². The van der Waals surface area contributed by atoms with Gasteiger partial charge < -0.3 is 91.6 Å². The molecule has 2 aromatic heterocycles. The summed E-state index contributed by atoms with van der Waals surface area (Å²) in [7, 11) is 0. The van der Waals surface area contributed by atoms with Gasteiger partial charge in [0, 0.05) is 86.2 Å². The lowest BCUT2D eigenvalue weighted by atomic mass is 9.97. The number of aliphatic imine (C=N–C) groups is 2. The lowest BCUT2D eigenvalue weighted by Gasteiger charge is -2.29. The Morgan fingerprint density at radius 2 is 0.978 bits per heavy atom. The zero-order chi connectivity index (χ0) is 68.1. The van der Waals surface area contributed by atoms with Crippen molar-refractivity contribution in [3.63, 3.8) is 0 Å². The van der Waals surface area contributed by atoms with Gasteiger partial charge in [-0.2, -0.15) is 25.3 Å². The fourth-order valence-electron chi connectivity index (χ4n) is 9.73. The molecule has 3 aromatic carbocycles. The number of H-pyrrole nitrogens is 2. The van der Waals surface area contributed by atoms with Gasteiger partial charge in [0.05, 0.1) is 6.33 Å². The summed E-state index contributed by atoms with van der Waals surface area (Å²) in [6.07, 6.45) is 4.46. The number of phenolic OH excluding ortho intramolecular Hbond substituents is 1. The first kappa shape index (κ1) is 73.9. The number of imidazole rings is 1. The topological polar surface area (TPSA) is 498 Å². The Morgan fingerprint density at radius 3 is 1.48 bits per heavy atom. The molecule has 5 rings (SSSR count). The molecule has 0 aliphatic carbocycles. The van der Waals surface area contributed by atoms with Crippen LogP contribution in [0.15, 0.2) is 108 Å². The van der Waals surface area contributed by atoms with Gasteiger partial charge in [0.25, 0.3) is 0 Å². The number of nitrogens with one attached hydrogen (secondary N) is 11. The van der Waals surface area contributed by atoms with E-state index < -0.39 is 119 Å². The average Bonchev–Trinajstić information content (AvgIpc) is 1.80. The number of aromatic hydroxyl groups is 1. The van der Waals surface area contributed by atoms with Crippen LogP contribution < -0.4 is 76.5 Å². The predicted octanol–water partition coefficient (Wildman–Crippen LogP) is -2.25. The van der Waals surface area contributed by atoms with E-state index in [1.54, 1.807) is 68.6 Å². The molecule has 0 radical (unpaired) electrons. The predicted molar refractivity (Wildman–Crippen MR) is 355 cm³/mol. The number of amides is 10. The first-order chi connectivity index (χ1) is 44.4. The van der Waals surface area contributed by atoms with E-state index >= 15 is 0 Å². The maximum Gasteiger partial charge on any atom is 0.244 e. The highest BCUT2D eigenvalue weighted by molar-refractivity contribution is 7.80. The van der Waals surface area contributed by atoms with Gasteiger partial charge in [-0.25, -0.2) is 4.98 Å². The number of nitrogens with two attached hydrogens (primary N) is 5. The molecule has 2 heterocycles. The van der Waals surface area contributed by atoms with Gasteiger partial charge in [-0.15, -0.1) is 0 Å². The number of nitrogens with zero attached hydrogens (tertiary/aromatic N) is 3. The van der Waals surface area contributed by atoms with Crippen molar-refractivity contribution in [3.05, 3.63) is 120 Å². The highest BCUT2D eigenvalue weighted by Gasteiger charge is 2.37. The summed E-state index contributed by atoms with van der Waals surface area (Å²) in [5, 5.41) is 34.7. The number of para-hydroxylation sites is 1. The Balaban J connectivity index is 1.41. The third kappa shape index (κ3) is 24.4. The third-order valence-electron chi connectivity index (χ3n) is 14.9. The standard InChI is InChI=1S/C61H85N19O11S2/c1-4-33(2)50(80-58(90)49(31-93)79-53(85)43(17-11-23-69-61(65)66)73-54(86)44(72-34(3)81)25-36-18-20-39(82)21-19-36)59(91)77-47(27-38-29-67-32-71-38)57(89)75-45(24-35-12-6-5-7-13-35)55(87)74-42(16-10-22-68-60(63)64)52(84)76-46(56(88)78-48(30-92)51(62)83)26-37-28-70-41-15-9-8-14-40(37)41/h5-9,12-15,18-21,28-29,32-33,42-50,70,82,92-93H,4,10-11,16-17,22-27,30-31H2,1-3H3,(H2,62,83)(H,67,71)(H,72,81)(H,73,86)(H,74,87)(H,75,89)(H,76,84)(H,77,91)(H,78,88)(H,79,85)(H,80,90)(H4,63,64,68)(H4,65,66,69)/t33-,42-,43-,44-,45+,46-,47-,48-,49-,50-/m0/s1. The van der Waals surface area contributed by atoms with Crippen LogP contribution in [0, 0.1) is 5.92 Å². The molecule has 0 bridgehead atoms. The summed E-state index contributed by atoms with van der Waals surface area (Å²) in [6.45, 7) is 4.75. The SMILES string of the molecule is CC[C@H](C)[C@H](NC(=O)[C@H](CS)NC(=O)[C@H](CCCN=C(N)N)NC(=O)[C@H](Cc1ccc(O)cc1)NC(C)=O)C(=O)N[C@@H](Cc1cnc[nH]1)C(=O)N[C@H](Cc1ccccc1)C(=O)N[C@@H](CCCN=C(N)N)C(=O)N[C@@H](Cc1c[nH]c2ccccc12)C(=O)N[C@@H](CS)C(N)=O. The lowest BCUT2D eigenvalue weighted by molar-refractivity contribution is -0.136. The maximum atomic E-state index is 14.9. The average molecular weight is 1320 g/mol. The molecule has 0 aliphatic rings. The number of phenols is 1. The van der Waals surface area contributed by atoms with E-state index in [0.29, 0.717) is 28.8 Å². The van der Waals surface area contributed by atoms with Crippen molar-refractivity contribution < 1.29 is 53.1 Å². The molecule has 30 nitrogen and oxygen atoms in total. The zero-order valence-electron chi connectivity index (χ0n) is 51.9. The number of hydrogen-bond donors (Lipinski definition) is 19. The summed E-state index contributed by atoms with van der Waals surface area (Å²) in [6, 6.07) is 9.65. The summed E-state index contributed by atoms with van der Waals surface area (Å²) < 4.78 is 0. The molecule has 22 N–H and O–H groups in total. The second-order valence-electron chi connectivity index (χ2n) is 22.1. The Hall–Kier alpha value is -9.85. The van der Waals surface area contributed by atoms with Crippen molar-refractivity contribution in [2.75, 3.05) is 24.6 Å². The number of carbonyl (C=O) groups is 10. The summed E-state index contributed by atoms with van der Waals surface area (Å²) in [4.78, 5) is 158. The zero-order valence-corrected chi connectivity index (χ0v) is 53.6. The minimum Gasteiger partial charge on any atom is -0.508 e. The maximum absolute atomic E-state index is 14.9. The van der Waals surface area contributed by atoms with Crippen molar-refractivity contribution in [2.45, 2.75) is 133 Å². The van der Waals surface area contributed by atoms with Crippen molar-refractivity contribution >= 4 is 107 Å².